The summed E-state index contributed by atoms with van der Waals surface area (Å²) >= 11 is 3.16. The number of ether oxygens (including phenoxy) is 1. The zero-order valence-corrected chi connectivity index (χ0v) is 12.0. The zero-order chi connectivity index (χ0) is 13.8. The molecule has 18 heavy (non-hydrogen) atoms. The van der Waals surface area contributed by atoms with E-state index in [0.29, 0.717) is 4.47 Å². The van der Waals surface area contributed by atoms with Crippen molar-refractivity contribution in [2.45, 2.75) is 0 Å². The molecule has 0 N–H and O–H groups in total. The molecule has 0 aliphatic heterocycles. The van der Waals surface area contributed by atoms with Crippen LogP contribution in [0.4, 0.5) is 0 Å². The molecular formula is C11H11BrO5S. The van der Waals surface area contributed by atoms with E-state index in [1.54, 1.807) is 18.2 Å². The fourth-order valence-electron chi connectivity index (χ4n) is 1.25. The van der Waals surface area contributed by atoms with Crippen molar-refractivity contribution in [3.8, 4) is 0 Å². The summed E-state index contributed by atoms with van der Waals surface area (Å²) in [6.45, 7) is 0. The van der Waals surface area contributed by atoms with Gasteiger partial charge in [-0.1, -0.05) is 34.1 Å². The van der Waals surface area contributed by atoms with Gasteiger partial charge in [0.1, 0.15) is 11.5 Å². The number of carbonyl (C=O) groups is 2. The van der Waals surface area contributed by atoms with E-state index in [9.17, 15) is 18.0 Å². The minimum atomic E-state index is -3.80. The molecule has 0 atom stereocenters. The second-order valence-electron chi connectivity index (χ2n) is 3.51. The molecule has 1 aromatic carbocycles. The van der Waals surface area contributed by atoms with Crippen molar-refractivity contribution in [2.24, 2.45) is 0 Å². The van der Waals surface area contributed by atoms with Gasteiger partial charge in [0.25, 0.3) is 0 Å². The Morgan fingerprint density at radius 1 is 1.22 bits per heavy atom. The van der Waals surface area contributed by atoms with Gasteiger partial charge in [-0.2, -0.15) is 0 Å². The fraction of sp³-hybridized carbons (Fsp3) is 0.273. The number of rotatable bonds is 5. The Morgan fingerprint density at radius 2 is 1.83 bits per heavy atom. The first kappa shape index (κ1) is 14.8. The molecule has 0 fully saturated rings. The number of ketones is 1. The van der Waals surface area contributed by atoms with E-state index in [1.807, 2.05) is 0 Å². The molecule has 0 spiro atoms. The molecular weight excluding hydrogens is 324 g/mol. The topological polar surface area (TPSA) is 77.5 Å². The maximum atomic E-state index is 11.8. The number of hydrogen-bond donors (Lipinski definition) is 0. The average molecular weight is 335 g/mol. The number of benzene rings is 1. The molecule has 0 aliphatic rings. The predicted octanol–water partition coefficient (Wildman–Crippen LogP) is 1.22. The molecule has 7 heteroatoms. The first-order chi connectivity index (χ1) is 8.35. The van der Waals surface area contributed by atoms with Gasteiger partial charge in [-0.05, 0) is 6.07 Å². The van der Waals surface area contributed by atoms with Gasteiger partial charge in [-0.25, -0.2) is 8.42 Å². The van der Waals surface area contributed by atoms with Crippen LogP contribution in [-0.4, -0.2) is 38.8 Å². The van der Waals surface area contributed by atoms with Crippen LogP contribution in [0, 0.1) is 0 Å². The molecule has 0 saturated heterocycles. The van der Waals surface area contributed by atoms with Crippen LogP contribution in [-0.2, 0) is 19.4 Å². The average Bonchev–Trinajstić information content (AvgIpc) is 2.27. The van der Waals surface area contributed by atoms with Gasteiger partial charge in [0, 0.05) is 10.0 Å². The van der Waals surface area contributed by atoms with E-state index >= 15 is 0 Å². The highest BCUT2D eigenvalue weighted by Gasteiger charge is 2.22. The molecule has 98 valence electrons. The lowest BCUT2D eigenvalue weighted by atomic mass is 10.1. The number of halogens is 1. The van der Waals surface area contributed by atoms with Gasteiger partial charge in [-0.3, -0.25) is 9.59 Å². The minimum Gasteiger partial charge on any atom is -0.468 e. The van der Waals surface area contributed by atoms with E-state index in [1.165, 1.54) is 6.07 Å². The second-order valence-corrected chi connectivity index (χ2v) is 6.43. The molecule has 0 aliphatic carbocycles. The van der Waals surface area contributed by atoms with Crippen LogP contribution in [0.15, 0.2) is 28.7 Å². The highest BCUT2D eigenvalue weighted by molar-refractivity contribution is 9.10. The normalized spacial score (nSPS) is 11.0. The maximum Gasteiger partial charge on any atom is 0.320 e. The third kappa shape index (κ3) is 4.23. The highest BCUT2D eigenvalue weighted by atomic mass is 79.9. The van der Waals surface area contributed by atoms with Gasteiger partial charge in [0.15, 0.2) is 15.6 Å². The van der Waals surface area contributed by atoms with Crippen LogP contribution < -0.4 is 0 Å². The van der Waals surface area contributed by atoms with Crippen molar-refractivity contribution < 1.29 is 22.7 Å². The van der Waals surface area contributed by atoms with Crippen LogP contribution in [0.3, 0.4) is 0 Å². The quantitative estimate of drug-likeness (QED) is 0.597. The maximum absolute atomic E-state index is 11.8. The van der Waals surface area contributed by atoms with Crippen molar-refractivity contribution in [2.75, 3.05) is 18.6 Å². The summed E-state index contributed by atoms with van der Waals surface area (Å²) < 4.78 is 27.9. The molecule has 0 aromatic heterocycles. The van der Waals surface area contributed by atoms with Crippen LogP contribution in [0.5, 0.6) is 0 Å². The summed E-state index contributed by atoms with van der Waals surface area (Å²) in [6, 6.07) is 6.50. The first-order valence-corrected chi connectivity index (χ1v) is 7.52. The van der Waals surface area contributed by atoms with Crippen molar-refractivity contribution in [1.82, 2.24) is 0 Å². The summed E-state index contributed by atoms with van der Waals surface area (Å²) in [4.78, 5) is 22.7. The smallest absolute Gasteiger partial charge is 0.320 e. The number of hydrogen-bond acceptors (Lipinski definition) is 5. The third-order valence-corrected chi connectivity index (χ3v) is 4.16. The van der Waals surface area contributed by atoms with E-state index < -0.39 is 33.1 Å². The first-order valence-electron chi connectivity index (χ1n) is 4.90. The Labute approximate surface area is 113 Å². The molecule has 0 radical (unpaired) electrons. The number of esters is 1. The Bertz CT molecular complexity index is 565. The standard InChI is InChI=1S/C11H11BrO5S/c1-17-11(14)7-18(15,16)6-10(13)8-4-2-3-5-9(8)12/h2-5H,6-7H2,1H3. The predicted molar refractivity (Wildman–Crippen MR) is 69.1 cm³/mol. The molecule has 0 unspecified atom stereocenters. The van der Waals surface area contributed by atoms with Crippen LogP contribution in [0.1, 0.15) is 10.4 Å². The minimum absolute atomic E-state index is 0.269. The van der Waals surface area contributed by atoms with Gasteiger partial charge in [0.05, 0.1) is 7.11 Å². The molecule has 0 bridgehead atoms. The summed E-state index contributed by atoms with van der Waals surface area (Å²) in [5, 5.41) is 0. The lowest BCUT2D eigenvalue weighted by molar-refractivity contribution is -0.137. The van der Waals surface area contributed by atoms with E-state index in [2.05, 4.69) is 20.7 Å². The number of sulfone groups is 1. The Kier molecular flexibility index (Phi) is 5.03. The largest absolute Gasteiger partial charge is 0.468 e. The SMILES string of the molecule is COC(=O)CS(=O)(=O)CC(=O)c1ccccc1Br. The summed E-state index contributed by atoms with van der Waals surface area (Å²) in [5.41, 5.74) is 0.269. The fourth-order valence-corrected chi connectivity index (χ4v) is 2.89. The molecule has 0 heterocycles. The number of Topliss-reactive ketones (excluding diaryl/α,β-unsaturated/α-hetero) is 1. The summed E-state index contributed by atoms with van der Waals surface area (Å²) in [6.07, 6.45) is 0. The molecule has 1 rings (SSSR count). The van der Waals surface area contributed by atoms with E-state index in [4.69, 9.17) is 0 Å². The van der Waals surface area contributed by atoms with Crippen molar-refractivity contribution in [1.29, 1.82) is 0 Å². The third-order valence-electron chi connectivity index (χ3n) is 2.09. The Balaban J connectivity index is 2.83. The summed E-state index contributed by atoms with van der Waals surface area (Å²) in [5.74, 6) is -2.95. The van der Waals surface area contributed by atoms with Gasteiger partial charge >= 0.3 is 5.97 Å². The van der Waals surface area contributed by atoms with Gasteiger partial charge in [-0.15, -0.1) is 0 Å². The number of carbonyl (C=O) groups excluding carboxylic acids is 2. The van der Waals surface area contributed by atoms with Crippen molar-refractivity contribution in [3.63, 3.8) is 0 Å². The van der Waals surface area contributed by atoms with Crippen LogP contribution in [0.2, 0.25) is 0 Å². The van der Waals surface area contributed by atoms with Crippen molar-refractivity contribution in [3.05, 3.63) is 34.3 Å². The molecule has 0 amide bonds. The van der Waals surface area contributed by atoms with Crippen LogP contribution in [0.25, 0.3) is 0 Å². The number of methoxy groups -OCH3 is 1. The zero-order valence-electron chi connectivity index (χ0n) is 9.55. The lowest BCUT2D eigenvalue weighted by Crippen LogP contribution is -2.24. The highest BCUT2D eigenvalue weighted by Crippen LogP contribution is 2.17. The summed E-state index contributed by atoms with van der Waals surface area (Å²) in [7, 11) is -2.71. The van der Waals surface area contributed by atoms with Crippen molar-refractivity contribution >= 4 is 37.5 Å². The lowest BCUT2D eigenvalue weighted by Gasteiger charge is -2.04. The van der Waals surface area contributed by atoms with Gasteiger partial charge < -0.3 is 4.74 Å². The monoisotopic (exact) mass is 334 g/mol. The molecule has 0 saturated carbocycles. The van der Waals surface area contributed by atoms with Gasteiger partial charge in [0.2, 0.25) is 0 Å². The molecule has 5 nitrogen and oxygen atoms in total. The van der Waals surface area contributed by atoms with Crippen LogP contribution >= 0.6 is 15.9 Å². The van der Waals surface area contributed by atoms with E-state index in [0.717, 1.165) is 7.11 Å². The Morgan fingerprint density at radius 3 is 2.39 bits per heavy atom. The second kappa shape index (κ2) is 6.10. The molecule has 1 aromatic rings. The van der Waals surface area contributed by atoms with E-state index in [-0.39, 0.29) is 5.56 Å². The Hall–Kier alpha value is -1.21.